The molecule has 1 aliphatic heterocycles. The van der Waals surface area contributed by atoms with Crippen LogP contribution >= 0.6 is 0 Å². The van der Waals surface area contributed by atoms with E-state index in [1.165, 1.54) is 7.11 Å². The molecule has 0 aliphatic carbocycles. The average molecular weight is 284 g/mol. The van der Waals surface area contributed by atoms with Crippen molar-refractivity contribution in [1.82, 2.24) is 9.97 Å². The molecule has 106 valence electrons. The molecule has 2 aromatic rings. The summed E-state index contributed by atoms with van der Waals surface area (Å²) in [7, 11) is 1.45. The number of carbonyl (C=O) groups excluding carboxylic acids is 2. The van der Waals surface area contributed by atoms with Crippen LogP contribution in [0.3, 0.4) is 0 Å². The molecule has 7 nitrogen and oxygen atoms in total. The summed E-state index contributed by atoms with van der Waals surface area (Å²) in [5, 5.41) is 0. The summed E-state index contributed by atoms with van der Waals surface area (Å²) in [5.74, 6) is -0.754. The number of nitrogens with two attached hydrogens (primary N) is 1. The number of aryl methyl sites for hydroxylation is 1. The number of carbonyl (C=O) groups is 2. The zero-order valence-corrected chi connectivity index (χ0v) is 11.5. The van der Waals surface area contributed by atoms with E-state index in [1.807, 2.05) is 0 Å². The van der Waals surface area contributed by atoms with Crippen molar-refractivity contribution in [2.45, 2.75) is 6.92 Å². The Morgan fingerprint density at radius 1 is 1.19 bits per heavy atom. The van der Waals surface area contributed by atoms with Gasteiger partial charge >= 0.3 is 0 Å². The maximum absolute atomic E-state index is 12.4. The second-order valence-electron chi connectivity index (χ2n) is 4.57. The van der Waals surface area contributed by atoms with Crippen LogP contribution in [-0.2, 0) is 0 Å². The van der Waals surface area contributed by atoms with Gasteiger partial charge in [0.15, 0.2) is 0 Å². The van der Waals surface area contributed by atoms with E-state index in [9.17, 15) is 9.59 Å². The van der Waals surface area contributed by atoms with Gasteiger partial charge in [0.05, 0.1) is 18.2 Å². The molecule has 2 heterocycles. The highest BCUT2D eigenvalue weighted by atomic mass is 16.5. The van der Waals surface area contributed by atoms with Crippen LogP contribution < -0.4 is 15.4 Å². The first kappa shape index (κ1) is 13.0. The minimum atomic E-state index is -0.527. The maximum Gasteiger partial charge on any atom is 0.270 e. The molecule has 0 saturated heterocycles. The van der Waals surface area contributed by atoms with Crippen molar-refractivity contribution in [1.29, 1.82) is 0 Å². The zero-order chi connectivity index (χ0) is 15.1. The molecule has 1 aromatic heterocycles. The molecular weight excluding hydrogens is 272 g/mol. The number of ether oxygens (including phenoxy) is 1. The van der Waals surface area contributed by atoms with Crippen molar-refractivity contribution in [3.05, 3.63) is 41.1 Å². The first-order chi connectivity index (χ1) is 10.0. The van der Waals surface area contributed by atoms with Crippen molar-refractivity contribution >= 4 is 23.5 Å². The molecule has 7 heteroatoms. The number of imide groups is 1. The summed E-state index contributed by atoms with van der Waals surface area (Å²) in [6.07, 6.45) is 0. The Morgan fingerprint density at radius 3 is 2.62 bits per heavy atom. The first-order valence-corrected chi connectivity index (χ1v) is 6.20. The van der Waals surface area contributed by atoms with Gasteiger partial charge in [-0.25, -0.2) is 9.88 Å². The second-order valence-corrected chi connectivity index (χ2v) is 4.57. The van der Waals surface area contributed by atoms with Crippen LogP contribution in [0.25, 0.3) is 0 Å². The predicted octanol–water partition coefficient (Wildman–Crippen LogP) is 1.18. The molecule has 1 aliphatic rings. The number of nitrogen functional groups attached to an aromatic ring is 1. The third-order valence-corrected chi connectivity index (χ3v) is 3.18. The topological polar surface area (TPSA) is 98.4 Å². The molecule has 0 atom stereocenters. The van der Waals surface area contributed by atoms with Crippen LogP contribution in [-0.4, -0.2) is 28.9 Å². The van der Waals surface area contributed by atoms with E-state index in [4.69, 9.17) is 10.5 Å². The predicted molar refractivity (Wildman–Crippen MR) is 75.3 cm³/mol. The van der Waals surface area contributed by atoms with Crippen LogP contribution in [0, 0.1) is 6.92 Å². The van der Waals surface area contributed by atoms with Gasteiger partial charge in [-0.15, -0.1) is 0 Å². The molecule has 2 amide bonds. The number of hydrogen-bond donors (Lipinski definition) is 1. The summed E-state index contributed by atoms with van der Waals surface area (Å²) in [6.45, 7) is 1.72. The fourth-order valence-corrected chi connectivity index (χ4v) is 2.22. The maximum atomic E-state index is 12.4. The average Bonchev–Trinajstić information content (AvgIpc) is 2.71. The number of anilines is 2. The lowest BCUT2D eigenvalue weighted by atomic mass is 10.1. The standard InChI is InChI=1S/C14H12N4O3/c1-7-6-10(21-2)17-14(16-7)18-12(19)8-4-3-5-9(15)11(8)13(18)20/h3-6H,15H2,1-2H3. The molecule has 0 fully saturated rings. The number of rotatable bonds is 2. The molecular formula is C14H12N4O3. The Hall–Kier alpha value is -2.96. The van der Waals surface area contributed by atoms with Gasteiger partial charge in [0.1, 0.15) is 0 Å². The van der Waals surface area contributed by atoms with Gasteiger partial charge in [0, 0.05) is 17.4 Å². The SMILES string of the molecule is COc1cc(C)nc(N2C(=O)c3cccc(N)c3C2=O)n1. The number of aromatic nitrogens is 2. The Balaban J connectivity index is 2.14. The third-order valence-electron chi connectivity index (χ3n) is 3.18. The monoisotopic (exact) mass is 284 g/mol. The van der Waals surface area contributed by atoms with E-state index in [-0.39, 0.29) is 28.6 Å². The van der Waals surface area contributed by atoms with E-state index >= 15 is 0 Å². The zero-order valence-electron chi connectivity index (χ0n) is 11.5. The Labute approximate surface area is 120 Å². The molecule has 21 heavy (non-hydrogen) atoms. The smallest absolute Gasteiger partial charge is 0.270 e. The van der Waals surface area contributed by atoms with E-state index in [2.05, 4.69) is 9.97 Å². The number of hydrogen-bond acceptors (Lipinski definition) is 6. The fraction of sp³-hybridized carbons (Fsp3) is 0.143. The van der Waals surface area contributed by atoms with Crippen molar-refractivity contribution < 1.29 is 14.3 Å². The van der Waals surface area contributed by atoms with Crippen molar-refractivity contribution in [3.8, 4) is 5.88 Å². The van der Waals surface area contributed by atoms with Gasteiger partial charge in [-0.2, -0.15) is 4.98 Å². The highest BCUT2D eigenvalue weighted by Crippen LogP contribution is 2.30. The summed E-state index contributed by atoms with van der Waals surface area (Å²) >= 11 is 0. The van der Waals surface area contributed by atoms with Crippen LogP contribution in [0.5, 0.6) is 5.88 Å². The molecule has 0 unspecified atom stereocenters. The number of amides is 2. The highest BCUT2D eigenvalue weighted by Gasteiger charge is 2.39. The normalized spacial score (nSPS) is 13.5. The lowest BCUT2D eigenvalue weighted by Gasteiger charge is -2.13. The van der Waals surface area contributed by atoms with Gasteiger partial charge in [-0.3, -0.25) is 9.59 Å². The molecule has 0 bridgehead atoms. The van der Waals surface area contributed by atoms with Crippen molar-refractivity contribution in [2.75, 3.05) is 17.7 Å². The van der Waals surface area contributed by atoms with Crippen LogP contribution in [0.4, 0.5) is 11.6 Å². The summed E-state index contributed by atoms with van der Waals surface area (Å²) in [6, 6.07) is 6.36. The number of fused-ring (bicyclic) bond motifs is 1. The largest absolute Gasteiger partial charge is 0.481 e. The molecule has 1 aromatic carbocycles. The lowest BCUT2D eigenvalue weighted by molar-refractivity contribution is 0.0924. The Kier molecular flexibility index (Phi) is 2.83. The fourth-order valence-electron chi connectivity index (χ4n) is 2.22. The summed E-state index contributed by atoms with van der Waals surface area (Å²) in [5.41, 5.74) is 7.07. The number of methoxy groups -OCH3 is 1. The van der Waals surface area contributed by atoms with E-state index in [0.717, 1.165) is 4.90 Å². The van der Waals surface area contributed by atoms with Crippen LogP contribution in [0.15, 0.2) is 24.3 Å². The van der Waals surface area contributed by atoms with E-state index in [0.29, 0.717) is 5.69 Å². The lowest BCUT2D eigenvalue weighted by Crippen LogP contribution is -2.31. The van der Waals surface area contributed by atoms with E-state index < -0.39 is 11.8 Å². The molecule has 0 radical (unpaired) electrons. The second kappa shape index (κ2) is 4.55. The number of nitrogens with zero attached hydrogens (tertiary/aromatic N) is 3. The quantitative estimate of drug-likeness (QED) is 0.656. The van der Waals surface area contributed by atoms with Gasteiger partial charge in [0.2, 0.25) is 11.8 Å². The van der Waals surface area contributed by atoms with Crippen LogP contribution in [0.1, 0.15) is 26.4 Å². The molecule has 2 N–H and O–H groups in total. The number of benzene rings is 1. The Bertz CT molecular complexity index is 773. The van der Waals surface area contributed by atoms with Crippen LogP contribution in [0.2, 0.25) is 0 Å². The summed E-state index contributed by atoms with van der Waals surface area (Å²) in [4.78, 5) is 33.9. The molecule has 3 rings (SSSR count). The van der Waals surface area contributed by atoms with Crippen molar-refractivity contribution in [2.24, 2.45) is 0 Å². The van der Waals surface area contributed by atoms with Gasteiger partial charge in [-0.05, 0) is 19.1 Å². The minimum absolute atomic E-state index is 0.0162. The highest BCUT2D eigenvalue weighted by molar-refractivity contribution is 6.35. The molecule has 0 saturated carbocycles. The van der Waals surface area contributed by atoms with Gasteiger partial charge in [-0.1, -0.05) is 6.07 Å². The minimum Gasteiger partial charge on any atom is -0.481 e. The van der Waals surface area contributed by atoms with Gasteiger partial charge < -0.3 is 10.5 Å². The third kappa shape index (κ3) is 1.90. The molecule has 0 spiro atoms. The Morgan fingerprint density at radius 2 is 1.95 bits per heavy atom. The van der Waals surface area contributed by atoms with Gasteiger partial charge in [0.25, 0.3) is 11.8 Å². The first-order valence-electron chi connectivity index (χ1n) is 6.20. The van der Waals surface area contributed by atoms with E-state index in [1.54, 1.807) is 31.2 Å². The summed E-state index contributed by atoms with van der Waals surface area (Å²) < 4.78 is 5.04. The van der Waals surface area contributed by atoms with Crippen molar-refractivity contribution in [3.63, 3.8) is 0 Å².